The van der Waals surface area contributed by atoms with Gasteiger partial charge in [-0.15, -0.1) is 0 Å². The Morgan fingerprint density at radius 3 is 2.86 bits per heavy atom. The lowest BCUT2D eigenvalue weighted by molar-refractivity contribution is -0.123. The van der Waals surface area contributed by atoms with E-state index in [1.54, 1.807) is 0 Å². The Hall–Kier alpha value is -1.92. The first kappa shape index (κ1) is 15.5. The molecule has 2 amide bonds. The molecule has 1 aromatic carbocycles. The average molecular weight is 291 g/mol. The van der Waals surface area contributed by atoms with Gasteiger partial charge in [0.15, 0.2) is 0 Å². The van der Waals surface area contributed by atoms with Gasteiger partial charge in [-0.05, 0) is 30.5 Å². The minimum absolute atomic E-state index is 0.0679. The predicted octanol–water partition coefficient (Wildman–Crippen LogP) is 0.625. The van der Waals surface area contributed by atoms with E-state index in [0.29, 0.717) is 6.54 Å². The maximum Gasteiger partial charge on any atom is 0.239 e. The zero-order chi connectivity index (χ0) is 15.2. The summed E-state index contributed by atoms with van der Waals surface area (Å²) in [6.07, 6.45) is 1.94. The molecule has 6 heteroatoms. The number of amides is 2. The number of methoxy groups -OCH3 is 1. The topological polar surface area (TPSA) is 93.4 Å². The molecular weight excluding hydrogens is 270 g/mol. The van der Waals surface area contributed by atoms with Crippen molar-refractivity contribution in [2.75, 3.05) is 19.0 Å². The molecule has 0 heterocycles. The molecule has 114 valence electrons. The van der Waals surface area contributed by atoms with E-state index in [-0.39, 0.29) is 24.3 Å². The molecule has 0 aromatic heterocycles. The highest BCUT2D eigenvalue weighted by atomic mass is 16.5. The van der Waals surface area contributed by atoms with Crippen LogP contribution in [0.4, 0.5) is 5.69 Å². The summed E-state index contributed by atoms with van der Waals surface area (Å²) in [5.74, 6) is -0.0250. The van der Waals surface area contributed by atoms with E-state index in [1.165, 1.54) is 7.11 Å². The second-order valence-electron chi connectivity index (χ2n) is 5.24. The van der Waals surface area contributed by atoms with Crippen molar-refractivity contribution in [3.05, 3.63) is 29.8 Å². The van der Waals surface area contributed by atoms with Crippen molar-refractivity contribution in [2.24, 2.45) is 11.7 Å². The molecule has 1 aliphatic carbocycles. The summed E-state index contributed by atoms with van der Waals surface area (Å²) in [7, 11) is 1.50. The molecule has 0 saturated heterocycles. The summed E-state index contributed by atoms with van der Waals surface area (Å²) in [4.78, 5) is 23.4. The summed E-state index contributed by atoms with van der Waals surface area (Å²) in [6, 6.07) is 6.74. The second kappa shape index (κ2) is 7.19. The van der Waals surface area contributed by atoms with Crippen molar-refractivity contribution in [3.63, 3.8) is 0 Å². The largest absolute Gasteiger partial charge is 0.383 e. The molecule has 0 aliphatic heterocycles. The van der Waals surface area contributed by atoms with Crippen LogP contribution in [-0.2, 0) is 20.9 Å². The van der Waals surface area contributed by atoms with Crippen molar-refractivity contribution < 1.29 is 14.3 Å². The van der Waals surface area contributed by atoms with Gasteiger partial charge < -0.3 is 21.1 Å². The van der Waals surface area contributed by atoms with Gasteiger partial charge in [-0.25, -0.2) is 0 Å². The molecular formula is C15H21N3O3. The number of carbonyl (C=O) groups is 2. The molecule has 4 N–H and O–H groups in total. The van der Waals surface area contributed by atoms with Crippen LogP contribution in [0.3, 0.4) is 0 Å². The van der Waals surface area contributed by atoms with Crippen molar-refractivity contribution >= 4 is 17.5 Å². The summed E-state index contributed by atoms with van der Waals surface area (Å²) in [5.41, 5.74) is 7.29. The van der Waals surface area contributed by atoms with Gasteiger partial charge in [-0.3, -0.25) is 9.59 Å². The molecule has 1 unspecified atom stereocenters. The zero-order valence-electron chi connectivity index (χ0n) is 12.1. The van der Waals surface area contributed by atoms with Gasteiger partial charge >= 0.3 is 0 Å². The van der Waals surface area contributed by atoms with Crippen molar-refractivity contribution in [3.8, 4) is 0 Å². The van der Waals surface area contributed by atoms with Crippen LogP contribution in [-0.4, -0.2) is 31.6 Å². The number of carbonyl (C=O) groups excluding carboxylic acids is 2. The SMILES string of the molecule is COCC(N)C(=O)NCc1cccc(NC(=O)C2CC2)c1. The second-order valence-corrected chi connectivity index (χ2v) is 5.24. The fourth-order valence-corrected chi connectivity index (χ4v) is 1.92. The molecule has 1 fully saturated rings. The van der Waals surface area contributed by atoms with Gasteiger partial charge in [0, 0.05) is 25.3 Å². The average Bonchev–Trinajstić information content (AvgIpc) is 3.30. The monoisotopic (exact) mass is 291 g/mol. The number of benzene rings is 1. The van der Waals surface area contributed by atoms with Gasteiger partial charge in [-0.1, -0.05) is 12.1 Å². The van der Waals surface area contributed by atoms with Gasteiger partial charge in [0.2, 0.25) is 11.8 Å². The number of nitrogens with one attached hydrogen (secondary N) is 2. The summed E-state index contributed by atoms with van der Waals surface area (Å²) < 4.78 is 4.83. The summed E-state index contributed by atoms with van der Waals surface area (Å²) >= 11 is 0. The fourth-order valence-electron chi connectivity index (χ4n) is 1.92. The van der Waals surface area contributed by atoms with E-state index >= 15 is 0 Å². The molecule has 1 aliphatic rings. The van der Waals surface area contributed by atoms with Gasteiger partial charge in [-0.2, -0.15) is 0 Å². The van der Waals surface area contributed by atoms with Crippen LogP contribution in [0.15, 0.2) is 24.3 Å². The Morgan fingerprint density at radius 1 is 1.43 bits per heavy atom. The fraction of sp³-hybridized carbons (Fsp3) is 0.467. The molecule has 0 spiro atoms. The molecule has 0 bridgehead atoms. The van der Waals surface area contributed by atoms with Crippen LogP contribution in [0.2, 0.25) is 0 Å². The number of anilines is 1. The Morgan fingerprint density at radius 2 is 2.19 bits per heavy atom. The van der Waals surface area contributed by atoms with Crippen molar-refractivity contribution in [1.82, 2.24) is 5.32 Å². The summed E-state index contributed by atoms with van der Waals surface area (Å²) in [6.45, 7) is 0.548. The smallest absolute Gasteiger partial charge is 0.239 e. The van der Waals surface area contributed by atoms with Crippen LogP contribution >= 0.6 is 0 Å². The van der Waals surface area contributed by atoms with Crippen LogP contribution in [0, 0.1) is 5.92 Å². The third-order valence-corrected chi connectivity index (χ3v) is 3.29. The third kappa shape index (κ3) is 4.84. The van der Waals surface area contributed by atoms with Gasteiger partial charge in [0.05, 0.1) is 6.61 Å². The first-order valence-corrected chi connectivity index (χ1v) is 7.02. The molecule has 21 heavy (non-hydrogen) atoms. The standard InChI is InChI=1S/C15H21N3O3/c1-21-9-13(16)15(20)17-8-10-3-2-4-12(7-10)18-14(19)11-5-6-11/h2-4,7,11,13H,5-6,8-9,16H2,1H3,(H,17,20)(H,18,19). The van der Waals surface area contributed by atoms with E-state index in [0.717, 1.165) is 24.1 Å². The highest BCUT2D eigenvalue weighted by Gasteiger charge is 2.29. The van der Waals surface area contributed by atoms with Gasteiger partial charge in [0.25, 0.3) is 0 Å². The Bertz CT molecular complexity index is 515. The van der Waals surface area contributed by atoms with Crippen molar-refractivity contribution in [2.45, 2.75) is 25.4 Å². The zero-order valence-corrected chi connectivity index (χ0v) is 12.1. The number of hydrogen-bond donors (Lipinski definition) is 3. The predicted molar refractivity (Wildman–Crippen MR) is 79.5 cm³/mol. The number of rotatable bonds is 7. The van der Waals surface area contributed by atoms with E-state index in [4.69, 9.17) is 10.5 Å². The first-order valence-electron chi connectivity index (χ1n) is 7.02. The van der Waals surface area contributed by atoms with E-state index < -0.39 is 6.04 Å². The lowest BCUT2D eigenvalue weighted by Crippen LogP contribution is -2.43. The Labute approximate surface area is 124 Å². The summed E-state index contributed by atoms with van der Waals surface area (Å²) in [5, 5.41) is 5.62. The molecule has 1 aromatic rings. The van der Waals surface area contributed by atoms with Crippen LogP contribution in [0.25, 0.3) is 0 Å². The Balaban J connectivity index is 1.85. The lowest BCUT2D eigenvalue weighted by Gasteiger charge is -2.12. The maximum atomic E-state index is 11.7. The quantitative estimate of drug-likeness (QED) is 0.686. The van der Waals surface area contributed by atoms with E-state index in [1.807, 2.05) is 24.3 Å². The molecule has 1 saturated carbocycles. The van der Waals surface area contributed by atoms with Crippen LogP contribution in [0.1, 0.15) is 18.4 Å². The third-order valence-electron chi connectivity index (χ3n) is 3.29. The maximum absolute atomic E-state index is 11.7. The van der Waals surface area contributed by atoms with Crippen LogP contribution < -0.4 is 16.4 Å². The number of ether oxygens (including phenoxy) is 1. The molecule has 6 nitrogen and oxygen atoms in total. The minimum atomic E-state index is -0.673. The van der Waals surface area contributed by atoms with Crippen LogP contribution in [0.5, 0.6) is 0 Å². The van der Waals surface area contributed by atoms with Crippen molar-refractivity contribution in [1.29, 1.82) is 0 Å². The molecule has 1 atom stereocenters. The van der Waals surface area contributed by atoms with E-state index in [2.05, 4.69) is 10.6 Å². The highest BCUT2D eigenvalue weighted by molar-refractivity contribution is 5.94. The molecule has 2 rings (SSSR count). The first-order chi connectivity index (χ1) is 10.1. The normalized spacial score (nSPS) is 15.3. The number of nitrogens with two attached hydrogens (primary N) is 1. The highest BCUT2D eigenvalue weighted by Crippen LogP contribution is 2.30. The minimum Gasteiger partial charge on any atom is -0.383 e. The number of hydrogen-bond acceptors (Lipinski definition) is 4. The molecule has 0 radical (unpaired) electrons. The lowest BCUT2D eigenvalue weighted by atomic mass is 10.2. The van der Waals surface area contributed by atoms with Gasteiger partial charge in [0.1, 0.15) is 6.04 Å². The Kier molecular flexibility index (Phi) is 5.30. The van der Waals surface area contributed by atoms with E-state index in [9.17, 15) is 9.59 Å².